The van der Waals surface area contributed by atoms with E-state index in [0.29, 0.717) is 12.9 Å². The van der Waals surface area contributed by atoms with Gasteiger partial charge in [0.25, 0.3) is 0 Å². The minimum absolute atomic E-state index is 0.149. The van der Waals surface area contributed by atoms with Crippen LogP contribution in [0, 0.1) is 0 Å². The number of carbonyl (C=O) groups excluding carboxylic acids is 2. The lowest BCUT2D eigenvalue weighted by atomic mass is 9.98. The number of hydrogen-bond acceptors (Lipinski definition) is 8. The lowest BCUT2D eigenvalue weighted by molar-refractivity contribution is -0.175. The number of aldehydes is 1. The van der Waals surface area contributed by atoms with Crippen molar-refractivity contribution in [2.45, 2.75) is 135 Å². The number of nitrogens with one attached hydrogen (secondary N) is 1. The maximum absolute atomic E-state index is 12.6. The third kappa shape index (κ3) is 7.48. The smallest absolute Gasteiger partial charge is 0.408 e. The summed E-state index contributed by atoms with van der Waals surface area (Å²) in [4.78, 5) is 25.0. The Labute approximate surface area is 205 Å². The molecule has 0 aromatic rings. The van der Waals surface area contributed by atoms with Crippen molar-refractivity contribution in [3.05, 3.63) is 0 Å². The highest BCUT2D eigenvalue weighted by Gasteiger charge is 2.55. The van der Waals surface area contributed by atoms with Crippen LogP contribution in [0.25, 0.3) is 0 Å². The Morgan fingerprint density at radius 2 is 1.62 bits per heavy atom. The van der Waals surface area contributed by atoms with Crippen molar-refractivity contribution in [2.75, 3.05) is 6.61 Å². The molecule has 0 bridgehead atoms. The molecular weight excluding hydrogens is 458 g/mol. The molecule has 34 heavy (non-hydrogen) atoms. The highest BCUT2D eigenvalue weighted by molar-refractivity contribution is 6.74. The van der Waals surface area contributed by atoms with E-state index in [2.05, 4.69) is 39.2 Å². The highest BCUT2D eigenvalue weighted by Crippen LogP contribution is 2.42. The van der Waals surface area contributed by atoms with Gasteiger partial charge in [0.2, 0.25) is 0 Å². The first-order chi connectivity index (χ1) is 15.2. The topological polar surface area (TPSA) is 102 Å². The molecule has 0 saturated carbocycles. The highest BCUT2D eigenvalue weighted by atomic mass is 28.4. The van der Waals surface area contributed by atoms with Gasteiger partial charge in [-0.05, 0) is 66.6 Å². The van der Waals surface area contributed by atoms with Crippen molar-refractivity contribution in [3.63, 3.8) is 0 Å². The van der Waals surface area contributed by atoms with Crippen LogP contribution >= 0.6 is 0 Å². The van der Waals surface area contributed by atoms with Crippen molar-refractivity contribution in [1.82, 2.24) is 5.32 Å². The molecule has 0 unspecified atom stereocenters. The van der Waals surface area contributed by atoms with Crippen molar-refractivity contribution in [3.8, 4) is 0 Å². The quantitative estimate of drug-likeness (QED) is 0.409. The molecule has 5 atom stereocenters. The maximum Gasteiger partial charge on any atom is 0.408 e. The van der Waals surface area contributed by atoms with E-state index in [0.717, 1.165) is 0 Å². The second-order valence-corrected chi connectivity index (χ2v) is 17.3. The average Bonchev–Trinajstić information content (AvgIpc) is 3.13. The molecule has 1 N–H and O–H groups in total. The first-order valence-electron chi connectivity index (χ1n) is 12.0. The molecule has 0 radical (unpaired) electrons. The molecule has 1 amide bonds. The van der Waals surface area contributed by atoms with Crippen LogP contribution in [0.2, 0.25) is 18.1 Å². The summed E-state index contributed by atoms with van der Waals surface area (Å²) >= 11 is 0. The van der Waals surface area contributed by atoms with Gasteiger partial charge in [-0.15, -0.1) is 0 Å². The van der Waals surface area contributed by atoms with Gasteiger partial charge in [-0.3, -0.25) is 0 Å². The number of rotatable bonds is 7. The van der Waals surface area contributed by atoms with Crippen LogP contribution in [0.15, 0.2) is 0 Å². The van der Waals surface area contributed by atoms with Gasteiger partial charge < -0.3 is 38.2 Å². The summed E-state index contributed by atoms with van der Waals surface area (Å²) in [7, 11) is -2.41. The summed E-state index contributed by atoms with van der Waals surface area (Å²) in [6.45, 7) is 23.4. The fraction of sp³-hybridized carbons (Fsp3) is 0.917. The van der Waals surface area contributed by atoms with Crippen LogP contribution in [-0.2, 0) is 32.9 Å². The fourth-order valence-corrected chi connectivity index (χ4v) is 5.05. The number of amides is 1. The van der Waals surface area contributed by atoms with Gasteiger partial charge in [-0.25, -0.2) is 4.79 Å². The molecule has 0 aliphatic carbocycles. The predicted octanol–water partition coefficient (Wildman–Crippen LogP) is 4.14. The molecular formula is C24H45NO8Si. The second-order valence-electron chi connectivity index (χ2n) is 12.6. The number of alkyl carbamates (subject to hydrolysis) is 1. The van der Waals surface area contributed by atoms with Gasteiger partial charge >= 0.3 is 6.09 Å². The minimum Gasteiger partial charge on any atom is -0.444 e. The third-order valence-electron chi connectivity index (χ3n) is 6.31. The van der Waals surface area contributed by atoms with Gasteiger partial charge in [0.15, 0.2) is 19.9 Å². The Kier molecular flexibility index (Phi) is 8.40. The summed E-state index contributed by atoms with van der Waals surface area (Å²) in [5, 5.41) is 2.54. The van der Waals surface area contributed by atoms with Crippen molar-refractivity contribution < 1.29 is 37.7 Å². The van der Waals surface area contributed by atoms with Crippen molar-refractivity contribution in [2.24, 2.45) is 0 Å². The first kappa shape index (κ1) is 29.2. The van der Waals surface area contributed by atoms with Crippen LogP contribution in [-0.4, -0.2) is 74.9 Å². The summed E-state index contributed by atoms with van der Waals surface area (Å²) in [6, 6.07) is -1.02. The van der Waals surface area contributed by atoms with Gasteiger partial charge in [-0.2, -0.15) is 0 Å². The molecule has 2 heterocycles. The van der Waals surface area contributed by atoms with Crippen LogP contribution in [0.3, 0.4) is 0 Å². The molecule has 0 aromatic carbocycles. The van der Waals surface area contributed by atoms with Gasteiger partial charge in [0, 0.05) is 0 Å². The van der Waals surface area contributed by atoms with E-state index in [1.165, 1.54) is 0 Å². The Morgan fingerprint density at radius 3 is 2.06 bits per heavy atom. The van der Waals surface area contributed by atoms with E-state index in [9.17, 15) is 9.59 Å². The summed E-state index contributed by atoms with van der Waals surface area (Å²) in [5.74, 6) is -1.71. The molecule has 9 nitrogen and oxygen atoms in total. The molecule has 2 aliphatic rings. The van der Waals surface area contributed by atoms with Crippen LogP contribution in [0.4, 0.5) is 4.79 Å². The Bertz CT molecular complexity index is 740. The SMILES string of the molecule is CC(C)(C)OC(=O)N[C@@H](C=O)[C@@H](O[Si](C)(C)C(C)(C)C)[C@H]1OC(C)(C)O[C@@H]1[C@H]1COC(C)(C)O1. The molecule has 198 valence electrons. The van der Waals surface area contributed by atoms with E-state index in [1.807, 2.05) is 27.7 Å². The lowest BCUT2D eigenvalue weighted by Crippen LogP contribution is -2.60. The van der Waals surface area contributed by atoms with Crippen LogP contribution in [0.5, 0.6) is 0 Å². The minimum atomic E-state index is -2.41. The summed E-state index contributed by atoms with van der Waals surface area (Å²) in [6.07, 6.45) is -2.56. The van der Waals surface area contributed by atoms with E-state index < -0.39 is 62.0 Å². The number of ether oxygens (including phenoxy) is 5. The van der Waals surface area contributed by atoms with Crippen LogP contribution in [0.1, 0.15) is 69.2 Å². The van der Waals surface area contributed by atoms with Gasteiger partial charge in [-0.1, -0.05) is 20.8 Å². The molecule has 0 spiro atoms. The predicted molar refractivity (Wildman–Crippen MR) is 130 cm³/mol. The van der Waals surface area contributed by atoms with E-state index in [-0.39, 0.29) is 5.04 Å². The zero-order chi connectivity index (χ0) is 26.3. The average molecular weight is 504 g/mol. The largest absolute Gasteiger partial charge is 0.444 e. The molecule has 10 heteroatoms. The Hall–Kier alpha value is -1.04. The van der Waals surface area contributed by atoms with E-state index in [1.54, 1.807) is 20.8 Å². The van der Waals surface area contributed by atoms with Gasteiger partial charge in [0.05, 0.1) is 6.61 Å². The number of hydrogen-bond donors (Lipinski definition) is 1. The third-order valence-corrected chi connectivity index (χ3v) is 10.8. The zero-order valence-electron chi connectivity index (χ0n) is 22.9. The number of carbonyl (C=O) groups is 2. The molecule has 0 aromatic heterocycles. The molecule has 2 rings (SSSR count). The van der Waals surface area contributed by atoms with Crippen LogP contribution < -0.4 is 5.32 Å². The van der Waals surface area contributed by atoms with E-state index in [4.69, 9.17) is 28.1 Å². The standard InChI is InChI=1S/C24H45NO8Si/c1-21(2,3)32-20(27)25-15(13-26)17(33-34(11,12)22(4,5)6)19-18(30-24(9,10)31-19)16-14-28-23(7,8)29-16/h13,15-19H,14H2,1-12H3,(H,25,27)/t15-,16+,17+,18+,19+/m0/s1. The second kappa shape index (κ2) is 9.78. The van der Waals surface area contributed by atoms with Gasteiger partial charge in [0.1, 0.15) is 42.3 Å². The lowest BCUT2D eigenvalue weighted by Gasteiger charge is -2.43. The van der Waals surface area contributed by atoms with Crippen molar-refractivity contribution >= 4 is 20.7 Å². The fourth-order valence-electron chi connectivity index (χ4n) is 3.74. The molecule has 2 fully saturated rings. The molecule has 2 aliphatic heterocycles. The summed E-state index contributed by atoms with van der Waals surface area (Å²) < 4.78 is 36.6. The Morgan fingerprint density at radius 1 is 1.03 bits per heavy atom. The Balaban J connectivity index is 2.43. The van der Waals surface area contributed by atoms with Crippen molar-refractivity contribution in [1.29, 1.82) is 0 Å². The monoisotopic (exact) mass is 503 g/mol. The maximum atomic E-state index is 12.6. The first-order valence-corrected chi connectivity index (χ1v) is 14.9. The zero-order valence-corrected chi connectivity index (χ0v) is 23.9. The normalized spacial score (nSPS) is 28.9. The van der Waals surface area contributed by atoms with E-state index >= 15 is 0 Å². The summed E-state index contributed by atoms with van der Waals surface area (Å²) in [5.41, 5.74) is -0.717. The molecule has 2 saturated heterocycles.